The van der Waals surface area contributed by atoms with Gasteiger partial charge in [0, 0.05) is 37.8 Å². The van der Waals surface area contributed by atoms with E-state index in [2.05, 4.69) is 39.8 Å². The van der Waals surface area contributed by atoms with Crippen LogP contribution >= 0.6 is 11.6 Å². The second kappa shape index (κ2) is 12.6. The van der Waals surface area contributed by atoms with E-state index in [9.17, 15) is 4.79 Å². The molecule has 0 aliphatic carbocycles. The van der Waals surface area contributed by atoms with Gasteiger partial charge < -0.3 is 25.4 Å². The van der Waals surface area contributed by atoms with Gasteiger partial charge >= 0.3 is 0 Å². The fourth-order valence-electron chi connectivity index (χ4n) is 3.90. The standard InChI is InChI=1S/C26H35ClN6O3/c1-6-7-8-11-26(3,16-30-17(2)34)33-24-23-21(12-19(27)15-28-23)31-25(32-24)29-14-18-9-10-20(35-4)13-22(18)36-5/h9-10,12-13,15H,6-8,11,14,16H2,1-5H3,(H,30,34)(H2,29,31,32,33)/t26-/m1/s1. The van der Waals surface area contributed by atoms with E-state index in [1.807, 2.05) is 18.2 Å². The number of carbonyl (C=O) groups excluding carboxylic acids is 1. The van der Waals surface area contributed by atoms with Gasteiger partial charge in [0.15, 0.2) is 5.82 Å². The summed E-state index contributed by atoms with van der Waals surface area (Å²) >= 11 is 6.23. The van der Waals surface area contributed by atoms with Gasteiger partial charge in [-0.3, -0.25) is 4.79 Å². The Morgan fingerprint density at radius 1 is 1.14 bits per heavy atom. The van der Waals surface area contributed by atoms with Crippen molar-refractivity contribution in [1.82, 2.24) is 20.3 Å². The molecule has 3 rings (SSSR count). The van der Waals surface area contributed by atoms with Crippen molar-refractivity contribution in [2.45, 2.75) is 58.5 Å². The topological polar surface area (TPSA) is 110 Å². The smallest absolute Gasteiger partial charge is 0.225 e. The molecule has 0 saturated carbocycles. The second-order valence-corrected chi connectivity index (χ2v) is 9.44. The Hall–Kier alpha value is -3.33. The van der Waals surface area contributed by atoms with Gasteiger partial charge in [-0.05, 0) is 31.5 Å². The number of hydrogen-bond donors (Lipinski definition) is 3. The Bertz CT molecular complexity index is 1190. The second-order valence-electron chi connectivity index (χ2n) is 9.00. The van der Waals surface area contributed by atoms with Crippen molar-refractivity contribution in [2.24, 2.45) is 0 Å². The highest BCUT2D eigenvalue weighted by atomic mass is 35.5. The van der Waals surface area contributed by atoms with E-state index in [0.29, 0.717) is 52.4 Å². The van der Waals surface area contributed by atoms with E-state index in [1.165, 1.54) is 6.92 Å². The molecular weight excluding hydrogens is 480 g/mol. The predicted octanol–water partition coefficient (Wildman–Crippen LogP) is 5.19. The third-order valence-corrected chi connectivity index (χ3v) is 6.12. The lowest BCUT2D eigenvalue weighted by Crippen LogP contribution is -2.46. The van der Waals surface area contributed by atoms with Crippen LogP contribution in [0.1, 0.15) is 52.0 Å². The van der Waals surface area contributed by atoms with Crippen LogP contribution in [0.25, 0.3) is 11.0 Å². The first-order chi connectivity index (χ1) is 17.3. The molecule has 3 aromatic rings. The molecule has 1 amide bonds. The number of unbranched alkanes of at least 4 members (excludes halogenated alkanes) is 2. The SMILES string of the molecule is CCCCC[C@](C)(CNC(C)=O)Nc1nc(NCc2ccc(OC)cc2OC)nc2cc(Cl)cnc12. The average molecular weight is 515 g/mol. The van der Waals surface area contributed by atoms with Gasteiger partial charge in [-0.25, -0.2) is 9.97 Å². The number of pyridine rings is 1. The van der Waals surface area contributed by atoms with E-state index in [4.69, 9.17) is 26.1 Å². The number of nitrogens with zero attached hydrogens (tertiary/aromatic N) is 3. The molecule has 0 spiro atoms. The van der Waals surface area contributed by atoms with Gasteiger partial charge in [-0.1, -0.05) is 37.8 Å². The summed E-state index contributed by atoms with van der Waals surface area (Å²) in [7, 11) is 3.24. The molecule has 2 aromatic heterocycles. The first kappa shape index (κ1) is 27.3. The first-order valence-electron chi connectivity index (χ1n) is 12.1. The number of anilines is 2. The summed E-state index contributed by atoms with van der Waals surface area (Å²) in [5.74, 6) is 2.33. The number of halogens is 1. The highest BCUT2D eigenvalue weighted by Gasteiger charge is 2.26. The maximum Gasteiger partial charge on any atom is 0.225 e. The minimum Gasteiger partial charge on any atom is -0.497 e. The van der Waals surface area contributed by atoms with Crippen molar-refractivity contribution in [3.63, 3.8) is 0 Å². The van der Waals surface area contributed by atoms with Gasteiger partial charge in [-0.2, -0.15) is 4.98 Å². The average Bonchev–Trinajstić information content (AvgIpc) is 2.86. The van der Waals surface area contributed by atoms with E-state index in [1.54, 1.807) is 26.5 Å². The minimum absolute atomic E-state index is 0.0771. The van der Waals surface area contributed by atoms with Crippen molar-refractivity contribution < 1.29 is 14.3 Å². The zero-order valence-electron chi connectivity index (χ0n) is 21.6. The predicted molar refractivity (Wildman–Crippen MR) is 144 cm³/mol. The van der Waals surface area contributed by atoms with Crippen molar-refractivity contribution in [3.8, 4) is 11.5 Å². The number of amides is 1. The summed E-state index contributed by atoms with van der Waals surface area (Å²) < 4.78 is 10.8. The van der Waals surface area contributed by atoms with Crippen LogP contribution in [0.4, 0.5) is 11.8 Å². The Morgan fingerprint density at radius 3 is 2.64 bits per heavy atom. The Labute approximate surface area is 217 Å². The highest BCUT2D eigenvalue weighted by Crippen LogP contribution is 2.29. The molecule has 0 radical (unpaired) electrons. The maximum atomic E-state index is 11.7. The molecule has 36 heavy (non-hydrogen) atoms. The number of carbonyl (C=O) groups is 1. The molecular formula is C26H35ClN6O3. The van der Waals surface area contributed by atoms with Crippen LogP contribution in [0.2, 0.25) is 5.02 Å². The lowest BCUT2D eigenvalue weighted by Gasteiger charge is -2.32. The van der Waals surface area contributed by atoms with Crippen molar-refractivity contribution in [2.75, 3.05) is 31.4 Å². The zero-order valence-corrected chi connectivity index (χ0v) is 22.3. The monoisotopic (exact) mass is 514 g/mol. The van der Waals surface area contributed by atoms with Crippen LogP contribution < -0.4 is 25.4 Å². The molecule has 1 aromatic carbocycles. The molecule has 10 heteroatoms. The molecule has 1 atom stereocenters. The number of nitrogens with one attached hydrogen (secondary N) is 3. The fourth-order valence-corrected chi connectivity index (χ4v) is 4.05. The first-order valence-corrected chi connectivity index (χ1v) is 12.5. The summed E-state index contributed by atoms with van der Waals surface area (Å²) in [5, 5.41) is 10.3. The van der Waals surface area contributed by atoms with Crippen molar-refractivity contribution in [1.29, 1.82) is 0 Å². The quantitative estimate of drug-likeness (QED) is 0.267. The molecule has 0 aliphatic heterocycles. The van der Waals surface area contributed by atoms with E-state index in [0.717, 1.165) is 31.2 Å². The van der Waals surface area contributed by atoms with Crippen molar-refractivity contribution >= 4 is 40.3 Å². The van der Waals surface area contributed by atoms with Crippen LogP contribution in [0.3, 0.4) is 0 Å². The molecule has 194 valence electrons. The number of benzene rings is 1. The van der Waals surface area contributed by atoms with Gasteiger partial charge in [-0.15, -0.1) is 0 Å². The Balaban J connectivity index is 1.93. The lowest BCUT2D eigenvalue weighted by molar-refractivity contribution is -0.119. The number of aromatic nitrogens is 3. The van der Waals surface area contributed by atoms with Gasteiger partial charge in [0.2, 0.25) is 11.9 Å². The molecule has 0 aliphatic rings. The highest BCUT2D eigenvalue weighted by molar-refractivity contribution is 6.31. The van der Waals surface area contributed by atoms with Crippen molar-refractivity contribution in [3.05, 3.63) is 41.0 Å². The zero-order chi connectivity index (χ0) is 26.1. The van der Waals surface area contributed by atoms with E-state index >= 15 is 0 Å². The largest absolute Gasteiger partial charge is 0.497 e. The molecule has 0 fully saturated rings. The number of ether oxygens (including phenoxy) is 2. The van der Waals surface area contributed by atoms with Gasteiger partial charge in [0.1, 0.15) is 17.0 Å². The number of rotatable bonds is 13. The van der Waals surface area contributed by atoms with Crippen LogP contribution in [0.15, 0.2) is 30.5 Å². The minimum atomic E-state index is -0.431. The Kier molecular flexibility index (Phi) is 9.52. The van der Waals surface area contributed by atoms with Crippen LogP contribution in [-0.2, 0) is 11.3 Å². The number of methoxy groups -OCH3 is 2. The van der Waals surface area contributed by atoms with Gasteiger partial charge in [0.25, 0.3) is 0 Å². The van der Waals surface area contributed by atoms with Crippen LogP contribution in [0, 0.1) is 0 Å². The molecule has 0 unspecified atom stereocenters. The summed E-state index contributed by atoms with van der Waals surface area (Å²) in [6.45, 7) is 6.66. The van der Waals surface area contributed by atoms with Crippen LogP contribution in [-0.4, -0.2) is 47.2 Å². The summed E-state index contributed by atoms with van der Waals surface area (Å²) in [4.78, 5) is 25.6. The van der Waals surface area contributed by atoms with Crippen LogP contribution in [0.5, 0.6) is 11.5 Å². The number of hydrogen-bond acceptors (Lipinski definition) is 8. The fraction of sp³-hybridized carbons (Fsp3) is 0.462. The summed E-state index contributed by atoms with van der Waals surface area (Å²) in [6.07, 6.45) is 5.66. The molecule has 0 saturated heterocycles. The molecule has 9 nitrogen and oxygen atoms in total. The van der Waals surface area contributed by atoms with Gasteiger partial charge in [0.05, 0.1) is 30.3 Å². The lowest BCUT2D eigenvalue weighted by atomic mass is 9.94. The summed E-state index contributed by atoms with van der Waals surface area (Å²) in [6, 6.07) is 7.40. The van der Waals surface area contributed by atoms with E-state index < -0.39 is 5.54 Å². The molecule has 0 bridgehead atoms. The molecule has 3 N–H and O–H groups in total. The third-order valence-electron chi connectivity index (χ3n) is 5.91. The van der Waals surface area contributed by atoms with E-state index in [-0.39, 0.29) is 5.91 Å². The molecule has 2 heterocycles. The third kappa shape index (κ3) is 7.34. The number of fused-ring (bicyclic) bond motifs is 1. The normalized spacial score (nSPS) is 12.6. The maximum absolute atomic E-state index is 11.7. The summed E-state index contributed by atoms with van der Waals surface area (Å²) in [5.41, 5.74) is 1.71. The Morgan fingerprint density at radius 2 is 1.94 bits per heavy atom.